The van der Waals surface area contributed by atoms with Crippen molar-refractivity contribution in [3.05, 3.63) is 48.6 Å². The number of carbonyl (C=O) groups is 4. The Hall–Kier alpha value is -3.32. The van der Waals surface area contributed by atoms with Gasteiger partial charge in [0.25, 0.3) is 0 Å². The van der Waals surface area contributed by atoms with Crippen LogP contribution in [0.2, 0.25) is 0 Å². The summed E-state index contributed by atoms with van der Waals surface area (Å²) >= 11 is 0. The number of ether oxygens (including phenoxy) is 4. The highest BCUT2D eigenvalue weighted by Gasteiger charge is 2.83. The molecule has 1 rings (SSSR count). The zero-order chi connectivity index (χ0) is 26.9. The highest BCUT2D eigenvalue weighted by atomic mass is 16.8. The second-order valence-corrected chi connectivity index (χ2v) is 8.04. The summed E-state index contributed by atoms with van der Waals surface area (Å²) in [5, 5.41) is 42.6. The van der Waals surface area contributed by atoms with Crippen molar-refractivity contribution >= 4 is 23.9 Å². The molecule has 0 aromatic rings. The fraction of sp³-hybridized carbons (Fsp3) is 0.455. The average molecular weight is 484 g/mol. The lowest BCUT2D eigenvalue weighted by atomic mass is 9.77. The van der Waals surface area contributed by atoms with Crippen molar-refractivity contribution in [1.82, 2.24) is 0 Å². The molecule has 12 heteroatoms. The van der Waals surface area contributed by atoms with E-state index in [4.69, 9.17) is 18.9 Å². The first kappa shape index (κ1) is 28.7. The Labute approximate surface area is 195 Å². The Morgan fingerprint density at radius 1 is 0.588 bits per heavy atom. The third kappa shape index (κ3) is 4.94. The molecule has 0 saturated heterocycles. The molecule has 1 aliphatic carbocycles. The van der Waals surface area contributed by atoms with Crippen LogP contribution in [0.25, 0.3) is 0 Å². The molecule has 0 aromatic carbocycles. The maximum atomic E-state index is 12.6. The number of hydrogen-bond donors (Lipinski definition) is 4. The van der Waals surface area contributed by atoms with E-state index in [-0.39, 0.29) is 11.1 Å². The van der Waals surface area contributed by atoms with E-state index in [9.17, 15) is 39.6 Å². The molecule has 0 heterocycles. The topological polar surface area (TPSA) is 186 Å². The van der Waals surface area contributed by atoms with Gasteiger partial charge in [-0.15, -0.1) is 0 Å². The van der Waals surface area contributed by atoms with E-state index in [0.29, 0.717) is 0 Å². The summed E-state index contributed by atoms with van der Waals surface area (Å²) in [6.45, 7) is 17.9. The zero-order valence-corrected chi connectivity index (χ0v) is 19.3. The fourth-order valence-electron chi connectivity index (χ4n) is 2.69. The Kier molecular flexibility index (Phi) is 8.03. The van der Waals surface area contributed by atoms with E-state index in [1.807, 2.05) is 0 Å². The van der Waals surface area contributed by atoms with Crippen LogP contribution in [0.3, 0.4) is 0 Å². The molecule has 1 aliphatic rings. The highest BCUT2D eigenvalue weighted by Crippen LogP contribution is 2.53. The number of rotatable bonds is 8. The van der Waals surface area contributed by atoms with Crippen LogP contribution in [0, 0.1) is 0 Å². The molecule has 0 spiro atoms. The van der Waals surface area contributed by atoms with Gasteiger partial charge in [-0.1, -0.05) is 26.3 Å². The molecule has 0 radical (unpaired) electrons. The maximum absolute atomic E-state index is 12.6. The minimum Gasteiger partial charge on any atom is -0.411 e. The molecule has 34 heavy (non-hydrogen) atoms. The van der Waals surface area contributed by atoms with Crippen LogP contribution < -0.4 is 0 Å². The second kappa shape index (κ2) is 9.50. The van der Waals surface area contributed by atoms with Gasteiger partial charge in [0.05, 0.1) is 0 Å². The van der Waals surface area contributed by atoms with Crippen LogP contribution in [0.4, 0.5) is 0 Å². The Morgan fingerprint density at radius 3 is 1.18 bits per heavy atom. The van der Waals surface area contributed by atoms with Crippen molar-refractivity contribution < 1.29 is 58.6 Å². The molecule has 0 amide bonds. The molecule has 0 aromatic heterocycles. The SMILES string of the molecule is C=C(C)C(=O)OC1(OC(=O)C(=C)C)CCC(O)(O)C(O)(O)C1(OC(=O)C(=C)C)OC(=O)C(=C)C. The Morgan fingerprint density at radius 2 is 0.882 bits per heavy atom. The minimum absolute atomic E-state index is 0.302. The lowest BCUT2D eigenvalue weighted by molar-refractivity contribution is -0.519. The average Bonchev–Trinajstić information content (AvgIpc) is 2.69. The fourth-order valence-corrected chi connectivity index (χ4v) is 2.69. The zero-order valence-electron chi connectivity index (χ0n) is 19.3. The minimum atomic E-state index is -4.17. The van der Waals surface area contributed by atoms with Crippen LogP contribution in [0.5, 0.6) is 0 Å². The van der Waals surface area contributed by atoms with Crippen molar-refractivity contribution in [3.8, 4) is 0 Å². The van der Waals surface area contributed by atoms with Crippen molar-refractivity contribution in [2.75, 3.05) is 0 Å². The number of aliphatic hydroxyl groups is 4. The summed E-state index contributed by atoms with van der Waals surface area (Å²) in [4.78, 5) is 50.2. The Bertz CT molecular complexity index is 912. The predicted octanol–water partition coefficient (Wildman–Crippen LogP) is 0.0118. The first-order valence-electron chi connectivity index (χ1n) is 9.72. The van der Waals surface area contributed by atoms with Crippen molar-refractivity contribution in [2.24, 2.45) is 0 Å². The number of hydrogen-bond acceptors (Lipinski definition) is 12. The summed E-state index contributed by atoms with van der Waals surface area (Å²) in [7, 11) is 0. The molecule has 1 fully saturated rings. The van der Waals surface area contributed by atoms with Crippen molar-refractivity contribution in [2.45, 2.75) is 63.7 Å². The van der Waals surface area contributed by atoms with Crippen molar-refractivity contribution in [3.63, 3.8) is 0 Å². The predicted molar refractivity (Wildman–Crippen MR) is 113 cm³/mol. The third-order valence-electron chi connectivity index (χ3n) is 4.70. The molecule has 1 saturated carbocycles. The second-order valence-electron chi connectivity index (χ2n) is 8.04. The summed E-state index contributed by atoms with van der Waals surface area (Å²) in [5.74, 6) is -20.3. The molecule has 188 valence electrons. The smallest absolute Gasteiger partial charge is 0.396 e. The molecule has 0 atom stereocenters. The van der Waals surface area contributed by atoms with Gasteiger partial charge in [-0.3, -0.25) is 0 Å². The number of carbonyl (C=O) groups excluding carboxylic acids is 4. The standard InChI is InChI=1S/C22H28O12/c1-11(2)15(23)31-20(32-16(24)12(3)4)10-9-19(27,28)21(29,30)22(20,33-17(25)13(5)6)34-18(26)14(7)8/h27-30H,1,3,5,7,9-10H2,2,4,6,8H3. The first-order chi connectivity index (χ1) is 15.3. The van der Waals surface area contributed by atoms with Gasteiger partial charge in [-0.2, -0.15) is 0 Å². The molecule has 12 nitrogen and oxygen atoms in total. The van der Waals surface area contributed by atoms with Gasteiger partial charge in [0.2, 0.25) is 5.79 Å². The van der Waals surface area contributed by atoms with E-state index < -0.39 is 71.0 Å². The van der Waals surface area contributed by atoms with Gasteiger partial charge in [0, 0.05) is 35.1 Å². The summed E-state index contributed by atoms with van der Waals surface area (Å²) < 4.78 is 20.4. The van der Waals surface area contributed by atoms with E-state index >= 15 is 0 Å². The van der Waals surface area contributed by atoms with E-state index in [0.717, 1.165) is 13.8 Å². The first-order valence-corrected chi connectivity index (χ1v) is 9.72. The van der Waals surface area contributed by atoms with Crippen LogP contribution >= 0.6 is 0 Å². The van der Waals surface area contributed by atoms with Crippen LogP contribution in [0.1, 0.15) is 40.5 Å². The summed E-state index contributed by atoms with van der Waals surface area (Å²) in [6, 6.07) is 0. The lowest BCUT2D eigenvalue weighted by Gasteiger charge is -2.56. The van der Waals surface area contributed by atoms with Crippen LogP contribution in [0.15, 0.2) is 48.6 Å². The van der Waals surface area contributed by atoms with Crippen LogP contribution in [-0.4, -0.2) is 67.5 Å². The van der Waals surface area contributed by atoms with E-state index in [1.54, 1.807) is 0 Å². The third-order valence-corrected chi connectivity index (χ3v) is 4.70. The highest BCUT2D eigenvalue weighted by molar-refractivity contribution is 5.91. The normalized spacial score (nSPS) is 19.1. The molecule has 4 N–H and O–H groups in total. The molecule has 0 unspecified atom stereocenters. The number of esters is 4. The Balaban J connectivity index is 4.14. The van der Waals surface area contributed by atoms with Gasteiger partial charge in [-0.05, 0) is 27.7 Å². The van der Waals surface area contributed by atoms with E-state index in [1.165, 1.54) is 13.8 Å². The van der Waals surface area contributed by atoms with E-state index in [2.05, 4.69) is 26.3 Å². The molecular formula is C22H28O12. The summed E-state index contributed by atoms with van der Waals surface area (Å²) in [6.07, 6.45) is -2.03. The van der Waals surface area contributed by atoms with Crippen LogP contribution in [-0.2, 0) is 38.1 Å². The van der Waals surface area contributed by atoms with Crippen molar-refractivity contribution in [1.29, 1.82) is 0 Å². The monoisotopic (exact) mass is 484 g/mol. The molecule has 0 bridgehead atoms. The molecule has 0 aliphatic heterocycles. The van der Waals surface area contributed by atoms with Gasteiger partial charge in [0.15, 0.2) is 0 Å². The van der Waals surface area contributed by atoms with Gasteiger partial charge < -0.3 is 39.4 Å². The largest absolute Gasteiger partial charge is 0.411 e. The van der Waals surface area contributed by atoms with Gasteiger partial charge >= 0.3 is 41.2 Å². The lowest BCUT2D eigenvalue weighted by Crippen LogP contribution is -2.83. The maximum Gasteiger partial charge on any atom is 0.396 e. The van der Waals surface area contributed by atoms with Gasteiger partial charge in [0.1, 0.15) is 0 Å². The molecular weight excluding hydrogens is 456 g/mol. The quantitative estimate of drug-likeness (QED) is 0.206. The summed E-state index contributed by atoms with van der Waals surface area (Å²) in [5.41, 5.74) is -1.41. The van der Waals surface area contributed by atoms with Gasteiger partial charge in [-0.25, -0.2) is 19.2 Å².